The van der Waals surface area contributed by atoms with E-state index in [9.17, 15) is 4.79 Å². The van der Waals surface area contributed by atoms with Gasteiger partial charge in [-0.2, -0.15) is 0 Å². The van der Waals surface area contributed by atoms with E-state index in [-0.39, 0.29) is 17.9 Å². The zero-order chi connectivity index (χ0) is 12.8. The third-order valence-electron chi connectivity index (χ3n) is 2.51. The Morgan fingerprint density at radius 2 is 2.00 bits per heavy atom. The number of hydrogen-bond acceptors (Lipinski definition) is 4. The van der Waals surface area contributed by atoms with Crippen molar-refractivity contribution < 1.29 is 14.3 Å². The molecule has 1 aromatic rings. The van der Waals surface area contributed by atoms with Crippen molar-refractivity contribution in [1.29, 1.82) is 0 Å². The minimum Gasteiger partial charge on any atom is -0.497 e. The molecule has 4 heteroatoms. The molecule has 1 rings (SSSR count). The summed E-state index contributed by atoms with van der Waals surface area (Å²) in [5, 5.41) is 3.15. The number of carbonyl (C=O) groups excluding carboxylic acids is 1. The Morgan fingerprint density at radius 1 is 1.29 bits per heavy atom. The van der Waals surface area contributed by atoms with E-state index in [1.54, 1.807) is 7.11 Å². The fraction of sp³-hybridized carbons (Fsp3) is 0.462. The van der Waals surface area contributed by atoms with Crippen LogP contribution in [0.1, 0.15) is 13.8 Å². The molecule has 0 bridgehead atoms. The van der Waals surface area contributed by atoms with Crippen molar-refractivity contribution in [2.75, 3.05) is 19.5 Å². The average Bonchev–Trinajstić information content (AvgIpc) is 2.35. The maximum Gasteiger partial charge on any atom is 0.328 e. The van der Waals surface area contributed by atoms with E-state index >= 15 is 0 Å². The van der Waals surface area contributed by atoms with Gasteiger partial charge in [-0.05, 0) is 18.1 Å². The Morgan fingerprint density at radius 3 is 2.53 bits per heavy atom. The number of benzene rings is 1. The molecule has 0 amide bonds. The molecule has 0 radical (unpaired) electrons. The number of rotatable bonds is 5. The summed E-state index contributed by atoms with van der Waals surface area (Å²) in [4.78, 5) is 11.6. The normalized spacial score (nSPS) is 12.1. The van der Waals surface area contributed by atoms with Crippen molar-refractivity contribution in [2.45, 2.75) is 19.9 Å². The van der Waals surface area contributed by atoms with Gasteiger partial charge >= 0.3 is 5.97 Å². The minimum atomic E-state index is -0.355. The lowest BCUT2D eigenvalue weighted by Gasteiger charge is -2.21. The summed E-state index contributed by atoms with van der Waals surface area (Å²) in [5.41, 5.74) is 0.841. The van der Waals surface area contributed by atoms with Crippen LogP contribution in [0.3, 0.4) is 0 Å². The second-order valence-electron chi connectivity index (χ2n) is 4.12. The van der Waals surface area contributed by atoms with Gasteiger partial charge in [0.05, 0.1) is 14.2 Å². The predicted molar refractivity (Wildman–Crippen MR) is 67.3 cm³/mol. The van der Waals surface area contributed by atoms with Gasteiger partial charge in [0.2, 0.25) is 0 Å². The minimum absolute atomic E-state index is 0.147. The second-order valence-corrected chi connectivity index (χ2v) is 4.12. The van der Waals surface area contributed by atoms with Crippen LogP contribution in [0.5, 0.6) is 5.75 Å². The first kappa shape index (κ1) is 13.4. The summed E-state index contributed by atoms with van der Waals surface area (Å²) in [6.07, 6.45) is 0. The molecule has 0 saturated heterocycles. The number of carbonyl (C=O) groups is 1. The van der Waals surface area contributed by atoms with Crippen molar-refractivity contribution in [3.8, 4) is 5.75 Å². The third-order valence-corrected chi connectivity index (χ3v) is 2.51. The maximum absolute atomic E-state index is 11.6. The van der Waals surface area contributed by atoms with Crippen LogP contribution in [0, 0.1) is 5.92 Å². The molecule has 0 saturated carbocycles. The molecule has 0 aliphatic carbocycles. The first-order chi connectivity index (χ1) is 8.08. The molecule has 0 fully saturated rings. The summed E-state index contributed by atoms with van der Waals surface area (Å²) < 4.78 is 9.90. The quantitative estimate of drug-likeness (QED) is 0.798. The molecule has 0 heterocycles. The summed E-state index contributed by atoms with van der Waals surface area (Å²) in [6.45, 7) is 3.93. The molecular formula is C13H19NO3. The largest absolute Gasteiger partial charge is 0.497 e. The molecule has 1 unspecified atom stereocenters. The summed E-state index contributed by atoms with van der Waals surface area (Å²) in [6, 6.07) is 7.11. The van der Waals surface area contributed by atoms with Gasteiger partial charge in [-0.3, -0.25) is 0 Å². The third kappa shape index (κ3) is 3.66. The van der Waals surface area contributed by atoms with Crippen LogP contribution in [0.15, 0.2) is 24.3 Å². The van der Waals surface area contributed by atoms with Gasteiger partial charge in [-0.25, -0.2) is 4.79 Å². The van der Waals surface area contributed by atoms with Gasteiger partial charge in [0.1, 0.15) is 11.8 Å². The van der Waals surface area contributed by atoms with E-state index in [0.717, 1.165) is 11.4 Å². The van der Waals surface area contributed by atoms with E-state index in [2.05, 4.69) is 5.32 Å². The Labute approximate surface area is 102 Å². The SMILES string of the molecule is COC(=O)C(Nc1cccc(OC)c1)C(C)C. The molecular weight excluding hydrogens is 218 g/mol. The standard InChI is InChI=1S/C13H19NO3/c1-9(2)12(13(15)17-4)14-10-6-5-7-11(8-10)16-3/h5-9,12,14H,1-4H3. The van der Waals surface area contributed by atoms with Crippen LogP contribution in [-0.4, -0.2) is 26.2 Å². The van der Waals surface area contributed by atoms with Crippen LogP contribution in [0.25, 0.3) is 0 Å². The second kappa shape index (κ2) is 6.13. The fourth-order valence-electron chi connectivity index (χ4n) is 1.52. The van der Waals surface area contributed by atoms with E-state index in [1.165, 1.54) is 7.11 Å². The van der Waals surface area contributed by atoms with Gasteiger partial charge in [0.15, 0.2) is 0 Å². The van der Waals surface area contributed by atoms with E-state index in [1.807, 2.05) is 38.1 Å². The molecule has 0 aromatic heterocycles. The lowest BCUT2D eigenvalue weighted by Crippen LogP contribution is -2.35. The number of hydrogen-bond donors (Lipinski definition) is 1. The van der Waals surface area contributed by atoms with E-state index in [4.69, 9.17) is 9.47 Å². The number of nitrogens with one attached hydrogen (secondary N) is 1. The highest BCUT2D eigenvalue weighted by molar-refractivity contribution is 5.79. The van der Waals surface area contributed by atoms with Gasteiger partial charge in [0.25, 0.3) is 0 Å². The highest BCUT2D eigenvalue weighted by Gasteiger charge is 2.22. The van der Waals surface area contributed by atoms with Crippen LogP contribution < -0.4 is 10.1 Å². The molecule has 0 aliphatic rings. The number of ether oxygens (including phenoxy) is 2. The molecule has 0 spiro atoms. The van der Waals surface area contributed by atoms with Crippen molar-refractivity contribution in [3.05, 3.63) is 24.3 Å². The molecule has 0 aliphatic heterocycles. The van der Waals surface area contributed by atoms with Crippen molar-refractivity contribution in [2.24, 2.45) is 5.92 Å². The summed E-state index contributed by atoms with van der Waals surface area (Å²) in [5.74, 6) is 0.638. The highest BCUT2D eigenvalue weighted by Crippen LogP contribution is 2.19. The number of methoxy groups -OCH3 is 2. The molecule has 94 valence electrons. The first-order valence-electron chi connectivity index (χ1n) is 5.57. The van der Waals surface area contributed by atoms with Crippen LogP contribution in [0.2, 0.25) is 0 Å². The smallest absolute Gasteiger partial charge is 0.328 e. The zero-order valence-electron chi connectivity index (χ0n) is 10.7. The molecule has 1 N–H and O–H groups in total. The van der Waals surface area contributed by atoms with Gasteiger partial charge in [-0.1, -0.05) is 19.9 Å². The number of esters is 1. The topological polar surface area (TPSA) is 47.6 Å². The molecule has 4 nitrogen and oxygen atoms in total. The fourth-order valence-corrected chi connectivity index (χ4v) is 1.52. The highest BCUT2D eigenvalue weighted by atomic mass is 16.5. The van der Waals surface area contributed by atoms with Crippen LogP contribution >= 0.6 is 0 Å². The Bertz CT molecular complexity index is 377. The van der Waals surface area contributed by atoms with Crippen LogP contribution in [-0.2, 0) is 9.53 Å². The Hall–Kier alpha value is -1.71. The molecule has 1 aromatic carbocycles. The zero-order valence-corrected chi connectivity index (χ0v) is 10.7. The van der Waals surface area contributed by atoms with Crippen molar-refractivity contribution in [1.82, 2.24) is 0 Å². The van der Waals surface area contributed by atoms with E-state index < -0.39 is 0 Å². The van der Waals surface area contributed by atoms with Gasteiger partial charge < -0.3 is 14.8 Å². The Balaban J connectivity index is 2.82. The lowest BCUT2D eigenvalue weighted by atomic mass is 10.0. The van der Waals surface area contributed by atoms with Crippen molar-refractivity contribution >= 4 is 11.7 Å². The summed E-state index contributed by atoms with van der Waals surface area (Å²) >= 11 is 0. The summed E-state index contributed by atoms with van der Waals surface area (Å²) in [7, 11) is 3.00. The van der Waals surface area contributed by atoms with Crippen molar-refractivity contribution in [3.63, 3.8) is 0 Å². The average molecular weight is 237 g/mol. The van der Waals surface area contributed by atoms with Gasteiger partial charge in [0, 0.05) is 11.8 Å². The lowest BCUT2D eigenvalue weighted by molar-refractivity contribution is -0.142. The van der Waals surface area contributed by atoms with Gasteiger partial charge in [-0.15, -0.1) is 0 Å². The first-order valence-corrected chi connectivity index (χ1v) is 5.57. The molecule has 1 atom stereocenters. The predicted octanol–water partition coefficient (Wildman–Crippen LogP) is 2.30. The molecule has 17 heavy (non-hydrogen) atoms. The maximum atomic E-state index is 11.6. The monoisotopic (exact) mass is 237 g/mol. The Kier molecular flexibility index (Phi) is 4.82. The van der Waals surface area contributed by atoms with E-state index in [0.29, 0.717) is 0 Å². The number of anilines is 1. The van der Waals surface area contributed by atoms with Crippen LogP contribution in [0.4, 0.5) is 5.69 Å².